The third-order valence-corrected chi connectivity index (χ3v) is 4.24. The Morgan fingerprint density at radius 3 is 2.39 bits per heavy atom. The van der Waals surface area contributed by atoms with Crippen molar-refractivity contribution in [1.82, 2.24) is 10.6 Å². The van der Waals surface area contributed by atoms with E-state index in [4.69, 9.17) is 9.47 Å². The molecule has 0 bridgehead atoms. The molecule has 2 aromatic rings. The average molecular weight is 386 g/mol. The first-order chi connectivity index (χ1) is 13.5. The zero-order chi connectivity index (χ0) is 20.2. The van der Waals surface area contributed by atoms with Crippen LogP contribution in [0.3, 0.4) is 0 Å². The lowest BCUT2D eigenvalue weighted by Gasteiger charge is -2.25. The van der Waals surface area contributed by atoms with Gasteiger partial charge in [0.25, 0.3) is 0 Å². The van der Waals surface area contributed by atoms with Crippen molar-refractivity contribution in [1.29, 1.82) is 0 Å². The van der Waals surface area contributed by atoms with E-state index in [1.165, 1.54) is 0 Å². The molecule has 0 fully saturated rings. The summed E-state index contributed by atoms with van der Waals surface area (Å²) >= 11 is 0. The van der Waals surface area contributed by atoms with Crippen LogP contribution in [0.4, 0.5) is 0 Å². The van der Waals surface area contributed by atoms with Crippen LogP contribution in [-0.2, 0) is 16.9 Å². The summed E-state index contributed by atoms with van der Waals surface area (Å²) in [6, 6.07) is 17.5. The predicted octanol–water partition coefficient (Wildman–Crippen LogP) is 2.67. The monoisotopic (exact) mass is 385 g/mol. The second-order valence-electron chi connectivity index (χ2n) is 6.67. The van der Waals surface area contributed by atoms with E-state index < -0.39 is 5.60 Å². The second kappa shape index (κ2) is 11.3. The van der Waals surface area contributed by atoms with Gasteiger partial charge in [-0.2, -0.15) is 0 Å². The van der Waals surface area contributed by atoms with Crippen molar-refractivity contribution in [3.63, 3.8) is 0 Å². The molecule has 28 heavy (non-hydrogen) atoms. The van der Waals surface area contributed by atoms with Gasteiger partial charge in [0.05, 0.1) is 19.7 Å². The van der Waals surface area contributed by atoms with Crippen LogP contribution >= 0.6 is 0 Å². The van der Waals surface area contributed by atoms with Crippen LogP contribution in [0.5, 0.6) is 5.75 Å². The summed E-state index contributed by atoms with van der Waals surface area (Å²) in [4.78, 5) is 4.61. The van der Waals surface area contributed by atoms with E-state index >= 15 is 0 Å². The van der Waals surface area contributed by atoms with Gasteiger partial charge in [0.2, 0.25) is 0 Å². The Kier molecular flexibility index (Phi) is 8.78. The van der Waals surface area contributed by atoms with Gasteiger partial charge in [-0.15, -0.1) is 0 Å². The summed E-state index contributed by atoms with van der Waals surface area (Å²) in [5.74, 6) is 1.48. The van der Waals surface area contributed by atoms with E-state index in [0.717, 1.165) is 23.4 Å². The minimum atomic E-state index is -0.987. The minimum Gasteiger partial charge on any atom is -0.491 e. The van der Waals surface area contributed by atoms with E-state index in [2.05, 4.69) is 15.6 Å². The molecule has 0 amide bonds. The van der Waals surface area contributed by atoms with E-state index in [9.17, 15) is 5.11 Å². The van der Waals surface area contributed by atoms with Gasteiger partial charge in [-0.1, -0.05) is 42.5 Å². The first-order valence-electron chi connectivity index (χ1n) is 9.56. The molecule has 0 aliphatic rings. The van der Waals surface area contributed by atoms with Crippen molar-refractivity contribution in [3.8, 4) is 5.75 Å². The molecule has 0 saturated carbocycles. The van der Waals surface area contributed by atoms with E-state index in [1.807, 2.05) is 61.5 Å². The van der Waals surface area contributed by atoms with Gasteiger partial charge in [-0.3, -0.25) is 0 Å². The Morgan fingerprint density at radius 1 is 1.04 bits per heavy atom. The highest BCUT2D eigenvalue weighted by Crippen LogP contribution is 2.19. The molecule has 3 N–H and O–H groups in total. The molecule has 0 spiro atoms. The maximum Gasteiger partial charge on any atom is 0.191 e. The number of hydrogen-bond donors (Lipinski definition) is 3. The van der Waals surface area contributed by atoms with E-state index in [1.54, 1.807) is 14.0 Å². The lowest BCUT2D eigenvalue weighted by Crippen LogP contribution is -2.44. The molecule has 0 heterocycles. The number of hydrogen-bond acceptors (Lipinski definition) is 4. The zero-order valence-corrected chi connectivity index (χ0v) is 16.9. The summed E-state index contributed by atoms with van der Waals surface area (Å²) in [6.45, 7) is 6.53. The zero-order valence-electron chi connectivity index (χ0n) is 16.9. The molecule has 0 aromatic heterocycles. The van der Waals surface area contributed by atoms with Crippen LogP contribution in [-0.4, -0.2) is 44.5 Å². The first-order valence-corrected chi connectivity index (χ1v) is 9.56. The van der Waals surface area contributed by atoms with Gasteiger partial charge < -0.3 is 25.2 Å². The molecule has 2 rings (SSSR count). The highest BCUT2D eigenvalue weighted by atomic mass is 16.5. The highest BCUT2D eigenvalue weighted by molar-refractivity contribution is 5.79. The second-order valence-corrected chi connectivity index (χ2v) is 6.67. The summed E-state index contributed by atoms with van der Waals surface area (Å²) in [6.07, 6.45) is 0. The van der Waals surface area contributed by atoms with Gasteiger partial charge in [-0.25, -0.2) is 4.99 Å². The number of ether oxygens (including phenoxy) is 2. The number of aliphatic hydroxyl groups is 1. The SMILES string of the molecule is CCNC(=NCc1ccc(OCCOC)cc1)NCC(C)(O)c1ccccc1. The van der Waals surface area contributed by atoms with Crippen molar-refractivity contribution < 1.29 is 14.6 Å². The normalized spacial score (nSPS) is 13.6. The summed E-state index contributed by atoms with van der Waals surface area (Å²) in [5.41, 5.74) is 0.951. The van der Waals surface area contributed by atoms with Crippen molar-refractivity contribution in [2.24, 2.45) is 4.99 Å². The fraction of sp³-hybridized carbons (Fsp3) is 0.409. The van der Waals surface area contributed by atoms with E-state index in [0.29, 0.717) is 32.3 Å². The number of nitrogens with one attached hydrogen (secondary N) is 2. The predicted molar refractivity (Wildman–Crippen MR) is 113 cm³/mol. The van der Waals surface area contributed by atoms with Gasteiger partial charge in [-0.05, 0) is 37.1 Å². The number of methoxy groups -OCH3 is 1. The fourth-order valence-corrected chi connectivity index (χ4v) is 2.60. The quantitative estimate of drug-likeness (QED) is 0.333. The smallest absolute Gasteiger partial charge is 0.191 e. The van der Waals surface area contributed by atoms with Gasteiger partial charge >= 0.3 is 0 Å². The molecule has 0 radical (unpaired) electrons. The fourth-order valence-electron chi connectivity index (χ4n) is 2.60. The maximum absolute atomic E-state index is 10.7. The lowest BCUT2D eigenvalue weighted by molar-refractivity contribution is 0.0617. The van der Waals surface area contributed by atoms with Crippen LogP contribution < -0.4 is 15.4 Å². The van der Waals surface area contributed by atoms with Crippen LogP contribution in [0.1, 0.15) is 25.0 Å². The first kappa shape index (κ1) is 21.7. The maximum atomic E-state index is 10.7. The van der Waals surface area contributed by atoms with Gasteiger partial charge in [0.1, 0.15) is 18.0 Å². The molecular weight excluding hydrogens is 354 g/mol. The molecule has 2 aromatic carbocycles. The Balaban J connectivity index is 1.92. The van der Waals surface area contributed by atoms with Crippen LogP contribution in [0.2, 0.25) is 0 Å². The van der Waals surface area contributed by atoms with Crippen molar-refractivity contribution in [3.05, 3.63) is 65.7 Å². The topological polar surface area (TPSA) is 75.1 Å². The van der Waals surface area contributed by atoms with Crippen molar-refractivity contribution in [2.45, 2.75) is 26.0 Å². The van der Waals surface area contributed by atoms with Crippen molar-refractivity contribution >= 4 is 5.96 Å². The Hall–Kier alpha value is -2.57. The van der Waals surface area contributed by atoms with Gasteiger partial charge in [0.15, 0.2) is 5.96 Å². The van der Waals surface area contributed by atoms with Crippen LogP contribution in [0, 0.1) is 0 Å². The highest BCUT2D eigenvalue weighted by Gasteiger charge is 2.22. The van der Waals surface area contributed by atoms with Gasteiger partial charge in [0, 0.05) is 13.7 Å². The molecular formula is C22H31N3O3. The summed E-state index contributed by atoms with van der Waals surface area (Å²) < 4.78 is 10.5. The Bertz CT molecular complexity index is 716. The van der Waals surface area contributed by atoms with Crippen LogP contribution in [0.25, 0.3) is 0 Å². The number of aliphatic imine (C=N–C) groups is 1. The lowest BCUT2D eigenvalue weighted by atomic mass is 9.96. The van der Waals surface area contributed by atoms with Crippen molar-refractivity contribution in [2.75, 3.05) is 33.4 Å². The number of rotatable bonds is 10. The third-order valence-electron chi connectivity index (χ3n) is 4.24. The average Bonchev–Trinajstić information content (AvgIpc) is 2.72. The molecule has 1 unspecified atom stereocenters. The largest absolute Gasteiger partial charge is 0.491 e. The Labute approximate surface area is 167 Å². The minimum absolute atomic E-state index is 0.356. The van der Waals surface area contributed by atoms with E-state index in [-0.39, 0.29) is 0 Å². The standard InChI is InChI=1S/C22H31N3O3/c1-4-23-21(25-17-22(2,26)19-8-6-5-7-9-19)24-16-18-10-12-20(13-11-18)28-15-14-27-3/h5-13,26H,4,14-17H2,1-3H3,(H2,23,24,25). The molecule has 0 aliphatic heterocycles. The molecule has 0 aliphatic carbocycles. The molecule has 6 heteroatoms. The third kappa shape index (κ3) is 7.21. The Morgan fingerprint density at radius 2 is 1.75 bits per heavy atom. The van der Waals surface area contributed by atoms with Crippen LogP contribution in [0.15, 0.2) is 59.6 Å². The molecule has 0 saturated heterocycles. The number of benzene rings is 2. The number of nitrogens with zero attached hydrogens (tertiary/aromatic N) is 1. The summed E-state index contributed by atoms with van der Waals surface area (Å²) in [5, 5.41) is 17.2. The summed E-state index contributed by atoms with van der Waals surface area (Å²) in [7, 11) is 1.65. The molecule has 152 valence electrons. The molecule has 6 nitrogen and oxygen atoms in total. The molecule has 1 atom stereocenters. The number of guanidine groups is 1.